The number of likely N-dealkylation sites (N-methyl/N-ethyl adjacent to an activating group) is 1. The average molecular weight is 439 g/mol. The van der Waals surface area contributed by atoms with Gasteiger partial charge in [-0.15, -0.1) is 0 Å². The second-order valence-corrected chi connectivity index (χ2v) is 8.68. The number of hydrogen-bond donors (Lipinski definition) is 1. The molecular weight excluding hydrogens is 416 g/mol. The van der Waals surface area contributed by atoms with Gasteiger partial charge >= 0.3 is 0 Å². The quantitative estimate of drug-likeness (QED) is 0.676. The van der Waals surface area contributed by atoms with Gasteiger partial charge in [0.15, 0.2) is 16.6 Å². The number of ether oxygens (including phenoxy) is 2. The molecule has 3 heterocycles. The van der Waals surface area contributed by atoms with Gasteiger partial charge in [0.2, 0.25) is 6.10 Å². The van der Waals surface area contributed by atoms with Crippen LogP contribution in [-0.4, -0.2) is 72.5 Å². The van der Waals surface area contributed by atoms with Crippen LogP contribution in [0.25, 0.3) is 10.2 Å². The molecule has 9 heteroatoms. The van der Waals surface area contributed by atoms with Crippen LogP contribution in [0.15, 0.2) is 42.5 Å². The fourth-order valence-corrected chi connectivity index (χ4v) is 4.55. The van der Waals surface area contributed by atoms with Gasteiger partial charge in [-0.2, -0.15) is 0 Å². The highest BCUT2D eigenvalue weighted by molar-refractivity contribution is 7.22. The van der Waals surface area contributed by atoms with E-state index in [1.54, 1.807) is 18.2 Å². The lowest BCUT2D eigenvalue weighted by molar-refractivity contribution is -0.125. The number of hydrogen-bond acceptors (Lipinski definition) is 7. The fourth-order valence-electron chi connectivity index (χ4n) is 3.64. The van der Waals surface area contributed by atoms with Crippen molar-refractivity contribution in [2.75, 3.05) is 45.2 Å². The summed E-state index contributed by atoms with van der Waals surface area (Å²) in [5, 5.41) is 3.28. The molecule has 5 rings (SSSR count). The largest absolute Gasteiger partial charge is 0.485 e. The van der Waals surface area contributed by atoms with Crippen LogP contribution < -0.4 is 14.8 Å². The van der Waals surface area contributed by atoms with Crippen LogP contribution in [0.1, 0.15) is 10.4 Å². The maximum atomic E-state index is 12.8. The minimum atomic E-state index is -0.753. The Hall–Kier alpha value is -3.17. The first kappa shape index (κ1) is 19.8. The Morgan fingerprint density at radius 1 is 1.10 bits per heavy atom. The van der Waals surface area contributed by atoms with Crippen molar-refractivity contribution in [2.24, 2.45) is 0 Å². The van der Waals surface area contributed by atoms with Crippen molar-refractivity contribution in [3.05, 3.63) is 48.0 Å². The number of nitrogens with zero attached hydrogens (tertiary/aromatic N) is 3. The molecule has 160 valence electrons. The summed E-state index contributed by atoms with van der Waals surface area (Å²) >= 11 is 1.34. The van der Waals surface area contributed by atoms with Crippen molar-refractivity contribution in [3.63, 3.8) is 0 Å². The average Bonchev–Trinajstić information content (AvgIpc) is 3.20. The topological polar surface area (TPSA) is 84.0 Å². The van der Waals surface area contributed by atoms with Crippen LogP contribution in [0.2, 0.25) is 0 Å². The number of rotatable bonds is 3. The summed E-state index contributed by atoms with van der Waals surface area (Å²) in [6.45, 7) is 3.34. The van der Waals surface area contributed by atoms with Gasteiger partial charge in [-0.25, -0.2) is 4.98 Å². The molecule has 1 aromatic heterocycles. The summed E-state index contributed by atoms with van der Waals surface area (Å²) in [4.78, 5) is 34.0. The van der Waals surface area contributed by atoms with Crippen LogP contribution in [0.4, 0.5) is 5.13 Å². The smallest absolute Gasteiger partial charge is 0.270 e. The number of aromatic nitrogens is 1. The van der Waals surface area contributed by atoms with E-state index >= 15 is 0 Å². The van der Waals surface area contributed by atoms with E-state index in [1.807, 2.05) is 29.2 Å². The van der Waals surface area contributed by atoms with E-state index in [9.17, 15) is 9.59 Å². The molecule has 0 radical (unpaired) electrons. The molecule has 2 amide bonds. The third kappa shape index (κ3) is 4.06. The summed E-state index contributed by atoms with van der Waals surface area (Å²) < 4.78 is 12.2. The predicted octanol–water partition coefficient (Wildman–Crippen LogP) is 2.46. The van der Waals surface area contributed by atoms with E-state index < -0.39 is 6.10 Å². The number of amides is 2. The van der Waals surface area contributed by atoms with E-state index in [0.29, 0.717) is 22.2 Å². The van der Waals surface area contributed by atoms with E-state index in [2.05, 4.69) is 22.2 Å². The van der Waals surface area contributed by atoms with Crippen molar-refractivity contribution >= 4 is 38.5 Å². The number of thiazole rings is 1. The molecule has 0 bridgehead atoms. The van der Waals surface area contributed by atoms with E-state index in [0.717, 1.165) is 36.4 Å². The molecule has 0 saturated carbocycles. The molecule has 1 atom stereocenters. The minimum Gasteiger partial charge on any atom is -0.485 e. The highest BCUT2D eigenvalue weighted by atomic mass is 32.1. The Kier molecular flexibility index (Phi) is 5.21. The standard InChI is InChI=1S/C22H22N4O4S/c1-25-8-10-26(11-9-25)21(28)14-6-7-15-19(12-14)31-22(23-15)24-20(27)18-13-29-16-4-2-3-5-17(16)30-18/h2-7,12,18H,8-11,13H2,1H3,(H,23,24,27). The molecule has 0 aliphatic carbocycles. The molecule has 3 aromatic rings. The minimum absolute atomic E-state index is 0.0282. The molecular formula is C22H22N4O4S. The van der Waals surface area contributed by atoms with Crippen molar-refractivity contribution < 1.29 is 19.1 Å². The first-order chi connectivity index (χ1) is 15.1. The number of anilines is 1. The van der Waals surface area contributed by atoms with Gasteiger partial charge < -0.3 is 19.3 Å². The van der Waals surface area contributed by atoms with Gasteiger partial charge in [0.25, 0.3) is 11.8 Å². The normalized spacial score (nSPS) is 18.7. The number of para-hydroxylation sites is 2. The van der Waals surface area contributed by atoms with Crippen molar-refractivity contribution in [2.45, 2.75) is 6.10 Å². The molecule has 2 aliphatic rings. The Bertz CT molecular complexity index is 1140. The lowest BCUT2D eigenvalue weighted by atomic mass is 10.1. The molecule has 2 aliphatic heterocycles. The highest BCUT2D eigenvalue weighted by Gasteiger charge is 2.28. The van der Waals surface area contributed by atoms with Crippen molar-refractivity contribution in [1.29, 1.82) is 0 Å². The zero-order chi connectivity index (χ0) is 21.4. The van der Waals surface area contributed by atoms with Crippen LogP contribution >= 0.6 is 11.3 Å². The zero-order valence-corrected chi connectivity index (χ0v) is 17.9. The third-order valence-corrected chi connectivity index (χ3v) is 6.39. The molecule has 8 nitrogen and oxygen atoms in total. The Labute approximate surface area is 183 Å². The first-order valence-electron chi connectivity index (χ1n) is 10.1. The van der Waals surface area contributed by atoms with Crippen molar-refractivity contribution in [1.82, 2.24) is 14.8 Å². The van der Waals surface area contributed by atoms with Crippen LogP contribution in [-0.2, 0) is 4.79 Å². The lowest BCUT2D eigenvalue weighted by Crippen LogP contribution is -2.47. The summed E-state index contributed by atoms with van der Waals surface area (Å²) in [5.41, 5.74) is 1.38. The predicted molar refractivity (Wildman–Crippen MR) is 118 cm³/mol. The molecule has 1 saturated heterocycles. The summed E-state index contributed by atoms with van der Waals surface area (Å²) in [6, 6.07) is 12.7. The van der Waals surface area contributed by atoms with Crippen molar-refractivity contribution in [3.8, 4) is 11.5 Å². The lowest BCUT2D eigenvalue weighted by Gasteiger charge is -2.32. The first-order valence-corrected chi connectivity index (χ1v) is 11.0. The molecule has 0 spiro atoms. The van der Waals surface area contributed by atoms with Crippen LogP contribution in [0.5, 0.6) is 11.5 Å². The summed E-state index contributed by atoms with van der Waals surface area (Å²) in [6.07, 6.45) is -0.753. The fraction of sp³-hybridized carbons (Fsp3) is 0.318. The SMILES string of the molecule is CN1CCN(C(=O)c2ccc3nc(NC(=O)C4COc5ccccc5O4)sc3c2)CC1. The van der Waals surface area contributed by atoms with E-state index in [4.69, 9.17) is 9.47 Å². The van der Waals surface area contributed by atoms with Gasteiger partial charge in [-0.1, -0.05) is 23.5 Å². The molecule has 31 heavy (non-hydrogen) atoms. The van der Waals surface area contributed by atoms with Gasteiger partial charge in [-0.05, 0) is 37.4 Å². The summed E-state index contributed by atoms with van der Waals surface area (Å²) in [5.74, 6) is 0.886. The maximum Gasteiger partial charge on any atom is 0.270 e. The Morgan fingerprint density at radius 3 is 2.68 bits per heavy atom. The van der Waals surface area contributed by atoms with Gasteiger partial charge in [0.1, 0.15) is 6.61 Å². The molecule has 1 N–H and O–H groups in total. The summed E-state index contributed by atoms with van der Waals surface area (Å²) in [7, 11) is 2.06. The van der Waals surface area contributed by atoms with Gasteiger partial charge in [0, 0.05) is 31.7 Å². The zero-order valence-electron chi connectivity index (χ0n) is 17.0. The van der Waals surface area contributed by atoms with Crippen LogP contribution in [0, 0.1) is 0 Å². The van der Waals surface area contributed by atoms with E-state index in [1.165, 1.54) is 11.3 Å². The number of carbonyl (C=O) groups excluding carboxylic acids is 2. The highest BCUT2D eigenvalue weighted by Crippen LogP contribution is 2.32. The second kappa shape index (κ2) is 8.16. The number of fused-ring (bicyclic) bond motifs is 2. The third-order valence-electron chi connectivity index (χ3n) is 5.46. The molecule has 1 unspecified atom stereocenters. The second-order valence-electron chi connectivity index (χ2n) is 7.65. The number of nitrogens with one attached hydrogen (secondary N) is 1. The Morgan fingerprint density at radius 2 is 1.87 bits per heavy atom. The monoisotopic (exact) mass is 438 g/mol. The van der Waals surface area contributed by atoms with Crippen LogP contribution in [0.3, 0.4) is 0 Å². The van der Waals surface area contributed by atoms with Gasteiger partial charge in [0.05, 0.1) is 10.2 Å². The molecule has 2 aromatic carbocycles. The number of carbonyl (C=O) groups is 2. The number of piperazine rings is 1. The number of benzene rings is 2. The Balaban J connectivity index is 1.28. The van der Waals surface area contributed by atoms with Gasteiger partial charge in [-0.3, -0.25) is 14.9 Å². The maximum absolute atomic E-state index is 12.8. The molecule has 1 fully saturated rings. The van der Waals surface area contributed by atoms with E-state index in [-0.39, 0.29) is 18.4 Å².